The first-order valence-electron chi connectivity index (χ1n) is 6.39. The van der Waals surface area contributed by atoms with Gasteiger partial charge < -0.3 is 10.6 Å². The maximum Gasteiger partial charge on any atom is 0.272 e. The van der Waals surface area contributed by atoms with E-state index in [1.54, 1.807) is 24.6 Å². The molecule has 0 aromatic carbocycles. The Kier molecular flexibility index (Phi) is 4.34. The van der Waals surface area contributed by atoms with Crippen LogP contribution in [-0.4, -0.2) is 22.9 Å². The first-order chi connectivity index (χ1) is 9.51. The normalized spacial score (nSPS) is 12.0. The lowest BCUT2D eigenvalue weighted by molar-refractivity contribution is 0.0934. The van der Waals surface area contributed by atoms with Crippen LogP contribution < -0.4 is 10.6 Å². The summed E-state index contributed by atoms with van der Waals surface area (Å²) < 4.78 is 0. The molecule has 20 heavy (non-hydrogen) atoms. The molecule has 0 saturated carbocycles. The molecule has 2 aromatic heterocycles. The highest BCUT2D eigenvalue weighted by molar-refractivity contribution is 7.12. The van der Waals surface area contributed by atoms with Gasteiger partial charge in [0.2, 0.25) is 0 Å². The molecule has 2 heterocycles. The summed E-state index contributed by atoms with van der Waals surface area (Å²) in [6.07, 6.45) is 3.04. The Hall–Kier alpha value is -1.95. The molecule has 1 atom stereocenters. The number of carbonyl (C=O) groups excluding carboxylic acids is 1. The standard InChI is InChI=1S/C14H18N4OS/c1-8-5-11(10(3)20-8)9(2)17-14(19)12-6-16-7-13(15-4)18-12/h5-7,9H,1-4H3,(H,15,18)(H,17,19). The molecule has 2 aromatic rings. The molecule has 5 nitrogen and oxygen atoms in total. The van der Waals surface area contributed by atoms with Crippen molar-refractivity contribution >= 4 is 23.1 Å². The predicted octanol–water partition coefficient (Wildman–Crippen LogP) is 2.69. The van der Waals surface area contributed by atoms with Gasteiger partial charge in [-0.1, -0.05) is 0 Å². The van der Waals surface area contributed by atoms with Gasteiger partial charge in [-0.3, -0.25) is 9.78 Å². The molecule has 0 aliphatic rings. The zero-order valence-electron chi connectivity index (χ0n) is 12.0. The minimum absolute atomic E-state index is 0.0486. The summed E-state index contributed by atoms with van der Waals surface area (Å²) in [5.41, 5.74) is 1.46. The van der Waals surface area contributed by atoms with E-state index in [1.165, 1.54) is 16.0 Å². The van der Waals surface area contributed by atoms with Crippen LogP contribution in [0.1, 0.15) is 38.8 Å². The smallest absolute Gasteiger partial charge is 0.272 e. The molecule has 0 radical (unpaired) electrons. The Labute approximate surface area is 122 Å². The largest absolute Gasteiger partial charge is 0.372 e. The summed E-state index contributed by atoms with van der Waals surface area (Å²) in [5, 5.41) is 5.82. The van der Waals surface area contributed by atoms with E-state index in [0.29, 0.717) is 11.5 Å². The summed E-state index contributed by atoms with van der Waals surface area (Å²) in [7, 11) is 1.74. The van der Waals surface area contributed by atoms with Crippen molar-refractivity contribution in [3.8, 4) is 0 Å². The third kappa shape index (κ3) is 3.14. The van der Waals surface area contributed by atoms with Crippen molar-refractivity contribution in [3.63, 3.8) is 0 Å². The van der Waals surface area contributed by atoms with Gasteiger partial charge in [0.25, 0.3) is 5.91 Å². The Balaban J connectivity index is 2.12. The Morgan fingerprint density at radius 1 is 1.35 bits per heavy atom. The highest BCUT2D eigenvalue weighted by Crippen LogP contribution is 2.26. The van der Waals surface area contributed by atoms with Crippen LogP contribution >= 0.6 is 11.3 Å². The minimum Gasteiger partial charge on any atom is -0.372 e. The molecule has 2 N–H and O–H groups in total. The van der Waals surface area contributed by atoms with Crippen LogP contribution in [-0.2, 0) is 0 Å². The van der Waals surface area contributed by atoms with E-state index in [0.717, 1.165) is 5.56 Å². The minimum atomic E-state index is -0.217. The molecule has 6 heteroatoms. The van der Waals surface area contributed by atoms with Crippen molar-refractivity contribution in [1.82, 2.24) is 15.3 Å². The second-order valence-corrected chi connectivity index (χ2v) is 6.06. The first kappa shape index (κ1) is 14.5. The van der Waals surface area contributed by atoms with Gasteiger partial charge >= 0.3 is 0 Å². The highest BCUT2D eigenvalue weighted by atomic mass is 32.1. The molecule has 0 aliphatic carbocycles. The van der Waals surface area contributed by atoms with Crippen molar-refractivity contribution in [1.29, 1.82) is 0 Å². The van der Waals surface area contributed by atoms with Gasteiger partial charge in [-0.05, 0) is 32.4 Å². The molecule has 1 unspecified atom stereocenters. The molecule has 0 bridgehead atoms. The van der Waals surface area contributed by atoms with Crippen LogP contribution in [0.2, 0.25) is 0 Å². The van der Waals surface area contributed by atoms with Gasteiger partial charge in [-0.15, -0.1) is 11.3 Å². The topological polar surface area (TPSA) is 66.9 Å². The number of hydrogen-bond acceptors (Lipinski definition) is 5. The van der Waals surface area contributed by atoms with Gasteiger partial charge in [0.15, 0.2) is 0 Å². The summed E-state index contributed by atoms with van der Waals surface area (Å²) in [5.74, 6) is 0.359. The quantitative estimate of drug-likeness (QED) is 0.908. The van der Waals surface area contributed by atoms with Gasteiger partial charge in [-0.2, -0.15) is 0 Å². The average molecular weight is 290 g/mol. The van der Waals surface area contributed by atoms with Gasteiger partial charge in [0.1, 0.15) is 11.5 Å². The number of nitrogens with zero attached hydrogens (tertiary/aromatic N) is 2. The summed E-state index contributed by atoms with van der Waals surface area (Å²) >= 11 is 1.74. The van der Waals surface area contributed by atoms with Crippen LogP contribution in [0.25, 0.3) is 0 Å². The lowest BCUT2D eigenvalue weighted by Gasteiger charge is -2.13. The molecule has 0 fully saturated rings. The summed E-state index contributed by atoms with van der Waals surface area (Å²) in [4.78, 5) is 22.8. The molecular formula is C14H18N4OS. The fourth-order valence-electron chi connectivity index (χ4n) is 2.02. The van der Waals surface area contributed by atoms with E-state index in [9.17, 15) is 4.79 Å². The molecule has 0 aliphatic heterocycles. The number of anilines is 1. The number of aromatic nitrogens is 2. The fourth-order valence-corrected chi connectivity index (χ4v) is 3.05. The second-order valence-electron chi connectivity index (χ2n) is 4.60. The highest BCUT2D eigenvalue weighted by Gasteiger charge is 2.16. The molecule has 1 amide bonds. The number of rotatable bonds is 4. The average Bonchev–Trinajstić information content (AvgIpc) is 2.77. The SMILES string of the molecule is CNc1cncc(C(=O)NC(C)c2cc(C)sc2C)n1. The lowest BCUT2D eigenvalue weighted by Crippen LogP contribution is -2.27. The number of thiophene rings is 1. The van der Waals surface area contributed by atoms with E-state index in [-0.39, 0.29) is 11.9 Å². The molecule has 0 saturated heterocycles. The molecular weight excluding hydrogens is 272 g/mol. The van der Waals surface area contributed by atoms with Gasteiger partial charge in [0, 0.05) is 16.8 Å². The van der Waals surface area contributed by atoms with Crippen LogP contribution in [0.4, 0.5) is 5.82 Å². The number of carbonyl (C=O) groups is 1. The third-order valence-corrected chi connectivity index (χ3v) is 4.00. The summed E-state index contributed by atoms with van der Waals surface area (Å²) in [6.45, 7) is 6.11. The van der Waals surface area contributed by atoms with E-state index in [2.05, 4.69) is 40.5 Å². The van der Waals surface area contributed by atoms with Crippen LogP contribution in [0.3, 0.4) is 0 Å². The molecule has 0 spiro atoms. The number of aryl methyl sites for hydroxylation is 2. The number of hydrogen-bond donors (Lipinski definition) is 2. The number of nitrogens with one attached hydrogen (secondary N) is 2. The van der Waals surface area contributed by atoms with Crippen LogP contribution in [0.5, 0.6) is 0 Å². The Bertz CT molecular complexity index is 623. The molecule has 106 valence electrons. The maximum atomic E-state index is 12.2. The van der Waals surface area contributed by atoms with E-state index >= 15 is 0 Å². The van der Waals surface area contributed by atoms with E-state index in [1.807, 2.05) is 6.92 Å². The second kappa shape index (κ2) is 6.00. The monoisotopic (exact) mass is 290 g/mol. The fraction of sp³-hybridized carbons (Fsp3) is 0.357. The van der Waals surface area contributed by atoms with Crippen molar-refractivity contribution in [3.05, 3.63) is 39.5 Å². The predicted molar refractivity (Wildman–Crippen MR) is 81.3 cm³/mol. The van der Waals surface area contributed by atoms with Crippen molar-refractivity contribution in [2.24, 2.45) is 0 Å². The Morgan fingerprint density at radius 3 is 2.70 bits per heavy atom. The lowest BCUT2D eigenvalue weighted by atomic mass is 10.1. The zero-order chi connectivity index (χ0) is 14.7. The summed E-state index contributed by atoms with van der Waals surface area (Å²) in [6, 6.07) is 2.06. The van der Waals surface area contributed by atoms with Crippen LogP contribution in [0.15, 0.2) is 18.5 Å². The maximum absolute atomic E-state index is 12.2. The van der Waals surface area contributed by atoms with Gasteiger partial charge in [-0.25, -0.2) is 4.98 Å². The van der Waals surface area contributed by atoms with Gasteiger partial charge in [0.05, 0.1) is 18.4 Å². The van der Waals surface area contributed by atoms with Crippen LogP contribution in [0, 0.1) is 13.8 Å². The van der Waals surface area contributed by atoms with Crippen molar-refractivity contribution in [2.45, 2.75) is 26.8 Å². The number of amides is 1. The first-order valence-corrected chi connectivity index (χ1v) is 7.20. The molecule has 2 rings (SSSR count). The van der Waals surface area contributed by atoms with E-state index < -0.39 is 0 Å². The zero-order valence-corrected chi connectivity index (χ0v) is 12.8. The van der Waals surface area contributed by atoms with Crippen molar-refractivity contribution in [2.75, 3.05) is 12.4 Å². The Morgan fingerprint density at radius 2 is 2.10 bits per heavy atom. The van der Waals surface area contributed by atoms with E-state index in [4.69, 9.17) is 0 Å². The van der Waals surface area contributed by atoms with Crippen molar-refractivity contribution < 1.29 is 4.79 Å². The third-order valence-electron chi connectivity index (χ3n) is 3.02.